The fraction of sp³-hybridized carbons (Fsp3) is 0.500. The summed E-state index contributed by atoms with van der Waals surface area (Å²) in [4.78, 5) is 0. The predicted octanol–water partition coefficient (Wildman–Crippen LogP) is 1.18. The second-order valence-corrected chi connectivity index (χ2v) is 0.324. The fourth-order valence-corrected chi connectivity index (χ4v) is 0. The van der Waals surface area contributed by atoms with Gasteiger partial charge < -0.3 is 23.5 Å². The average Bonchev–Trinajstić information content (AvgIpc) is 1.72. The summed E-state index contributed by atoms with van der Waals surface area (Å²) in [6, 6.07) is 0. The number of hydrogen-bond acceptors (Lipinski definition) is 2. The zero-order chi connectivity index (χ0) is 5.41. The molecule has 0 saturated carbocycles. The summed E-state index contributed by atoms with van der Waals surface area (Å²) in [7, 11) is 0. The zero-order valence-electron chi connectivity index (χ0n) is 4.68. The molecule has 2 nitrogen and oxygen atoms in total. The van der Waals surface area contributed by atoms with E-state index in [-0.39, 0.29) is 32.7 Å². The van der Waals surface area contributed by atoms with Crippen LogP contribution in [0, 0.1) is 6.92 Å². The molecule has 1 N–H and O–H groups in total. The van der Waals surface area contributed by atoms with E-state index in [1.165, 1.54) is 6.92 Å². The van der Waals surface area contributed by atoms with Crippen molar-refractivity contribution in [2.75, 3.05) is 0 Å². The summed E-state index contributed by atoms with van der Waals surface area (Å²) in [6.45, 7) is 6.51. The van der Waals surface area contributed by atoms with Crippen LogP contribution in [0.2, 0.25) is 0 Å². The standard InChI is InChI=1S/C2H4NO.C2H5.Y/c1-2-3-4;1-2;/h4H,1H3;1H2,2H3;/q2*-1;. The largest absolute Gasteiger partial charge is 0.447 e. The summed E-state index contributed by atoms with van der Waals surface area (Å²) >= 11 is 0. The first kappa shape index (κ1) is 15.6. The van der Waals surface area contributed by atoms with Crippen LogP contribution in [-0.4, -0.2) is 11.4 Å². The molecule has 3 heteroatoms. The SMILES string of the molecule is C[C-]=NO.[CH2-]C.[Y]. The molecule has 0 spiro atoms. The predicted molar refractivity (Wildman–Crippen MR) is 25.9 cm³/mol. The fourth-order valence-electron chi connectivity index (χ4n) is 0. The van der Waals surface area contributed by atoms with Crippen molar-refractivity contribution >= 4 is 6.21 Å². The summed E-state index contributed by atoms with van der Waals surface area (Å²) in [5.41, 5.74) is 0. The first-order chi connectivity index (χ1) is 2.91. The maximum atomic E-state index is 7.39. The van der Waals surface area contributed by atoms with E-state index < -0.39 is 0 Å². The van der Waals surface area contributed by atoms with Gasteiger partial charge >= 0.3 is 0 Å². The monoisotopic (exact) mass is 176 g/mol. The molecule has 0 aromatic rings. The Bertz CT molecular complexity index is 26.9. The van der Waals surface area contributed by atoms with Gasteiger partial charge in [0.25, 0.3) is 0 Å². The molecule has 7 heavy (non-hydrogen) atoms. The second-order valence-electron chi connectivity index (χ2n) is 0.324. The molecule has 0 heterocycles. The number of rotatable bonds is 0. The second kappa shape index (κ2) is 30.8. The van der Waals surface area contributed by atoms with Gasteiger partial charge in [-0.2, -0.15) is 13.8 Å². The Morgan fingerprint density at radius 2 is 1.71 bits per heavy atom. The third-order valence-electron chi connectivity index (χ3n) is 0.100. The maximum absolute atomic E-state index is 7.39. The van der Waals surface area contributed by atoms with Gasteiger partial charge in [-0.3, -0.25) is 0 Å². The van der Waals surface area contributed by atoms with Crippen LogP contribution < -0.4 is 0 Å². The van der Waals surface area contributed by atoms with Gasteiger partial charge in [-0.1, -0.05) is 0 Å². The van der Waals surface area contributed by atoms with E-state index in [4.69, 9.17) is 5.21 Å². The van der Waals surface area contributed by atoms with E-state index in [2.05, 4.69) is 18.3 Å². The molecule has 0 aromatic heterocycles. The molecule has 0 fully saturated rings. The summed E-state index contributed by atoms with van der Waals surface area (Å²) < 4.78 is 0. The smallest absolute Gasteiger partial charge is 0 e. The van der Waals surface area contributed by atoms with Crippen molar-refractivity contribution in [2.24, 2.45) is 5.16 Å². The summed E-state index contributed by atoms with van der Waals surface area (Å²) in [6.07, 6.45) is 2.11. The van der Waals surface area contributed by atoms with Crippen LogP contribution >= 0.6 is 0 Å². The molecule has 1 radical (unpaired) electrons. The van der Waals surface area contributed by atoms with Gasteiger partial charge in [0.2, 0.25) is 0 Å². The maximum Gasteiger partial charge on any atom is 0 e. The molecule has 0 aliphatic carbocycles. The molecular weight excluding hydrogens is 167 g/mol. The summed E-state index contributed by atoms with van der Waals surface area (Å²) in [5, 5.41) is 9.88. The Hall–Kier alpha value is 0.574. The number of nitrogens with zero attached hydrogens (tertiary/aromatic N) is 1. The van der Waals surface area contributed by atoms with E-state index in [0.29, 0.717) is 0 Å². The quantitative estimate of drug-likeness (QED) is 0.255. The minimum absolute atomic E-state index is 0. The van der Waals surface area contributed by atoms with E-state index in [0.717, 1.165) is 0 Å². The Kier molecular flexibility index (Phi) is 68.9. The van der Waals surface area contributed by atoms with E-state index in [1.807, 2.05) is 0 Å². The van der Waals surface area contributed by atoms with Gasteiger partial charge in [-0.25, -0.2) is 0 Å². The molecule has 0 atom stereocenters. The van der Waals surface area contributed by atoms with Crippen LogP contribution in [0.4, 0.5) is 0 Å². The molecular formula is C4H9NOY-2. The van der Waals surface area contributed by atoms with Crippen molar-refractivity contribution in [2.45, 2.75) is 13.8 Å². The number of hydrogen-bond donors (Lipinski definition) is 1. The Morgan fingerprint density at radius 3 is 1.71 bits per heavy atom. The Morgan fingerprint density at radius 1 is 1.57 bits per heavy atom. The van der Waals surface area contributed by atoms with Gasteiger partial charge in [0.1, 0.15) is 0 Å². The van der Waals surface area contributed by atoms with Crippen molar-refractivity contribution in [3.63, 3.8) is 0 Å². The molecule has 0 unspecified atom stereocenters. The van der Waals surface area contributed by atoms with Gasteiger partial charge in [0, 0.05) is 32.7 Å². The van der Waals surface area contributed by atoms with Crippen LogP contribution in [0.1, 0.15) is 13.8 Å². The Balaban J connectivity index is -0.0000000480. The van der Waals surface area contributed by atoms with Gasteiger partial charge in [-0.05, 0) is 0 Å². The molecule has 0 aliphatic rings. The third-order valence-corrected chi connectivity index (χ3v) is 0.100. The van der Waals surface area contributed by atoms with E-state index in [1.54, 1.807) is 6.92 Å². The molecule has 0 bridgehead atoms. The van der Waals surface area contributed by atoms with Crippen LogP contribution in [0.25, 0.3) is 0 Å². The Labute approximate surface area is 69.9 Å². The molecule has 0 aromatic carbocycles. The van der Waals surface area contributed by atoms with Gasteiger partial charge in [-0.15, -0.1) is 0 Å². The van der Waals surface area contributed by atoms with E-state index in [9.17, 15) is 0 Å². The average molecular weight is 176 g/mol. The topological polar surface area (TPSA) is 32.6 Å². The van der Waals surface area contributed by atoms with Gasteiger partial charge in [0.05, 0.1) is 0 Å². The van der Waals surface area contributed by atoms with Gasteiger partial charge in [0.15, 0.2) is 0 Å². The van der Waals surface area contributed by atoms with E-state index >= 15 is 0 Å². The molecule has 0 amide bonds. The van der Waals surface area contributed by atoms with Crippen molar-refractivity contribution < 1.29 is 37.9 Å². The third kappa shape index (κ3) is 55.5. The first-order valence-corrected chi connectivity index (χ1v) is 1.63. The van der Waals surface area contributed by atoms with Crippen molar-refractivity contribution in [1.82, 2.24) is 0 Å². The minimum atomic E-state index is 0. The van der Waals surface area contributed by atoms with Crippen molar-refractivity contribution in [1.29, 1.82) is 0 Å². The van der Waals surface area contributed by atoms with Crippen LogP contribution in [-0.2, 0) is 32.7 Å². The van der Waals surface area contributed by atoms with Crippen LogP contribution in [0.3, 0.4) is 0 Å². The molecule has 0 saturated heterocycles. The molecule has 0 aliphatic heterocycles. The minimum Gasteiger partial charge on any atom is -0.447 e. The molecule has 0 rings (SSSR count). The first-order valence-electron chi connectivity index (χ1n) is 1.63. The van der Waals surface area contributed by atoms with Crippen molar-refractivity contribution in [3.8, 4) is 0 Å². The molecule has 41 valence electrons. The normalized spacial score (nSPS) is 6.14. The van der Waals surface area contributed by atoms with Crippen LogP contribution in [0.15, 0.2) is 5.16 Å². The van der Waals surface area contributed by atoms with Crippen LogP contribution in [0.5, 0.6) is 0 Å². The zero-order valence-corrected chi connectivity index (χ0v) is 7.52. The van der Waals surface area contributed by atoms with Crippen molar-refractivity contribution in [3.05, 3.63) is 6.92 Å². The summed E-state index contributed by atoms with van der Waals surface area (Å²) in [5.74, 6) is 0.